The molecule has 0 radical (unpaired) electrons. The van der Waals surface area contributed by atoms with Gasteiger partial charge >= 0.3 is 5.97 Å². The third kappa shape index (κ3) is 3.95. The van der Waals surface area contributed by atoms with Gasteiger partial charge in [0.15, 0.2) is 0 Å². The molecule has 0 bridgehead atoms. The Kier molecular flexibility index (Phi) is 4.57. The van der Waals surface area contributed by atoms with E-state index in [1.54, 1.807) is 31.2 Å². The quantitative estimate of drug-likeness (QED) is 0.605. The van der Waals surface area contributed by atoms with E-state index in [1.807, 2.05) is 12.1 Å². The number of carbonyl (C=O) groups excluding carboxylic acids is 1. The molecule has 0 unspecified atom stereocenters. The lowest BCUT2D eigenvalue weighted by Gasteiger charge is -2.02. The minimum Gasteiger partial charge on any atom is -0.427 e. The van der Waals surface area contributed by atoms with E-state index in [-0.39, 0.29) is 12.6 Å². The maximum atomic E-state index is 11.0. The largest absolute Gasteiger partial charge is 0.427 e. The van der Waals surface area contributed by atoms with E-state index in [9.17, 15) is 4.79 Å². The molecule has 1 aromatic carbocycles. The first-order chi connectivity index (χ1) is 7.26. The van der Waals surface area contributed by atoms with Gasteiger partial charge in [-0.1, -0.05) is 31.2 Å². The molecule has 0 aliphatic rings. The normalized spacial score (nSPS) is 10.5. The van der Waals surface area contributed by atoms with E-state index >= 15 is 0 Å². The molecule has 0 saturated heterocycles. The second kappa shape index (κ2) is 5.98. The summed E-state index contributed by atoms with van der Waals surface area (Å²) < 4.78 is 5.01. The zero-order valence-corrected chi connectivity index (χ0v) is 8.64. The van der Waals surface area contributed by atoms with Gasteiger partial charge in [-0.25, -0.2) is 0 Å². The summed E-state index contributed by atoms with van der Waals surface area (Å²) in [6.07, 6.45) is 3.81. The van der Waals surface area contributed by atoms with Crippen LogP contribution in [0, 0.1) is 0 Å². The number of aliphatic hydroxyl groups excluding tert-OH is 1. The minimum absolute atomic E-state index is 0.0204. The molecule has 0 aromatic heterocycles. The maximum absolute atomic E-state index is 11.0. The summed E-state index contributed by atoms with van der Waals surface area (Å²) >= 11 is 0. The number of hydrogen-bond acceptors (Lipinski definition) is 3. The third-order valence-corrected chi connectivity index (χ3v) is 1.82. The lowest BCUT2D eigenvalue weighted by atomic mass is 10.2. The molecule has 0 aliphatic carbocycles. The molecule has 0 aliphatic heterocycles. The number of rotatable bonds is 4. The third-order valence-electron chi connectivity index (χ3n) is 1.82. The van der Waals surface area contributed by atoms with Crippen molar-refractivity contribution in [1.82, 2.24) is 0 Å². The fraction of sp³-hybridized carbons (Fsp3) is 0.250. The van der Waals surface area contributed by atoms with Crippen LogP contribution in [0.3, 0.4) is 0 Å². The van der Waals surface area contributed by atoms with Crippen molar-refractivity contribution in [2.75, 3.05) is 6.61 Å². The average molecular weight is 206 g/mol. The van der Waals surface area contributed by atoms with Crippen LogP contribution in [-0.4, -0.2) is 17.7 Å². The van der Waals surface area contributed by atoms with Crippen molar-refractivity contribution >= 4 is 12.0 Å². The minimum atomic E-state index is -0.242. The molecule has 80 valence electrons. The smallest absolute Gasteiger partial charge is 0.310 e. The number of benzene rings is 1. The van der Waals surface area contributed by atoms with Crippen molar-refractivity contribution in [3.63, 3.8) is 0 Å². The fourth-order valence-electron chi connectivity index (χ4n) is 1.04. The number of esters is 1. The van der Waals surface area contributed by atoms with Crippen LogP contribution < -0.4 is 4.74 Å². The Morgan fingerprint density at radius 1 is 1.40 bits per heavy atom. The van der Waals surface area contributed by atoms with E-state index in [2.05, 4.69) is 0 Å². The zero-order valence-electron chi connectivity index (χ0n) is 8.64. The Morgan fingerprint density at radius 2 is 2.07 bits per heavy atom. The summed E-state index contributed by atoms with van der Waals surface area (Å²) in [4.78, 5) is 11.0. The van der Waals surface area contributed by atoms with Gasteiger partial charge in [0.1, 0.15) is 5.75 Å². The van der Waals surface area contributed by atoms with E-state index in [0.717, 1.165) is 5.56 Å². The van der Waals surface area contributed by atoms with Gasteiger partial charge in [-0.15, -0.1) is 0 Å². The van der Waals surface area contributed by atoms with E-state index in [1.165, 1.54) is 0 Å². The fourth-order valence-corrected chi connectivity index (χ4v) is 1.04. The second-order valence-corrected chi connectivity index (χ2v) is 2.98. The molecule has 3 heteroatoms. The van der Waals surface area contributed by atoms with E-state index < -0.39 is 0 Å². The zero-order chi connectivity index (χ0) is 11.1. The molecule has 0 fully saturated rings. The highest BCUT2D eigenvalue weighted by Gasteiger charge is 1.99. The van der Waals surface area contributed by atoms with Gasteiger partial charge in [-0.05, 0) is 17.7 Å². The molecule has 0 atom stereocenters. The number of hydrogen-bond donors (Lipinski definition) is 1. The summed E-state index contributed by atoms with van der Waals surface area (Å²) in [5.74, 6) is 0.302. The van der Waals surface area contributed by atoms with Crippen molar-refractivity contribution < 1.29 is 14.6 Å². The first-order valence-electron chi connectivity index (χ1n) is 4.84. The molecular weight excluding hydrogens is 192 g/mol. The van der Waals surface area contributed by atoms with Crippen LogP contribution in [-0.2, 0) is 4.79 Å². The van der Waals surface area contributed by atoms with Gasteiger partial charge in [0.05, 0.1) is 6.61 Å². The van der Waals surface area contributed by atoms with Crippen LogP contribution in [0.4, 0.5) is 0 Å². The van der Waals surface area contributed by atoms with Gasteiger partial charge in [0.2, 0.25) is 0 Å². The summed E-state index contributed by atoms with van der Waals surface area (Å²) in [5.41, 5.74) is 0.959. The molecule has 0 amide bonds. The highest BCUT2D eigenvalue weighted by atomic mass is 16.5. The number of aliphatic hydroxyl groups is 1. The van der Waals surface area contributed by atoms with Gasteiger partial charge in [-0.3, -0.25) is 4.79 Å². The topological polar surface area (TPSA) is 46.5 Å². The van der Waals surface area contributed by atoms with Crippen LogP contribution in [0.15, 0.2) is 30.3 Å². The molecule has 1 aromatic rings. The van der Waals surface area contributed by atoms with Crippen LogP contribution in [0.25, 0.3) is 6.08 Å². The van der Waals surface area contributed by atoms with E-state index in [4.69, 9.17) is 9.84 Å². The first kappa shape index (κ1) is 11.5. The average Bonchev–Trinajstić information content (AvgIpc) is 2.28. The Bertz CT molecular complexity index is 338. The van der Waals surface area contributed by atoms with Crippen LogP contribution in [0.5, 0.6) is 5.75 Å². The molecule has 1 rings (SSSR count). The highest BCUT2D eigenvalue weighted by molar-refractivity contribution is 5.72. The van der Waals surface area contributed by atoms with Gasteiger partial charge in [-0.2, -0.15) is 0 Å². The van der Waals surface area contributed by atoms with E-state index in [0.29, 0.717) is 12.2 Å². The van der Waals surface area contributed by atoms with Gasteiger partial charge in [0, 0.05) is 6.42 Å². The first-order valence-corrected chi connectivity index (χ1v) is 4.84. The highest BCUT2D eigenvalue weighted by Crippen LogP contribution is 2.13. The Hall–Kier alpha value is -1.61. The SMILES string of the molecule is CCC(=O)Oc1ccc(/C=C/CO)cc1. The van der Waals surface area contributed by atoms with Crippen LogP contribution in [0.1, 0.15) is 18.9 Å². The predicted molar refractivity (Wildman–Crippen MR) is 58.5 cm³/mol. The molecule has 15 heavy (non-hydrogen) atoms. The molecule has 0 saturated carbocycles. The summed E-state index contributed by atoms with van der Waals surface area (Å²) in [7, 11) is 0. The van der Waals surface area contributed by atoms with Crippen LogP contribution >= 0.6 is 0 Å². The lowest BCUT2D eigenvalue weighted by molar-refractivity contribution is -0.134. The monoisotopic (exact) mass is 206 g/mol. The molecule has 0 heterocycles. The summed E-state index contributed by atoms with van der Waals surface area (Å²) in [6, 6.07) is 7.10. The number of ether oxygens (including phenoxy) is 1. The Labute approximate surface area is 89.0 Å². The van der Waals surface area contributed by atoms with Crippen molar-refractivity contribution in [2.45, 2.75) is 13.3 Å². The van der Waals surface area contributed by atoms with Gasteiger partial charge < -0.3 is 9.84 Å². The van der Waals surface area contributed by atoms with Crippen molar-refractivity contribution in [2.24, 2.45) is 0 Å². The summed E-state index contributed by atoms with van der Waals surface area (Å²) in [5, 5.41) is 8.58. The molecule has 3 nitrogen and oxygen atoms in total. The van der Waals surface area contributed by atoms with Crippen LogP contribution in [0.2, 0.25) is 0 Å². The van der Waals surface area contributed by atoms with Crippen molar-refractivity contribution in [3.05, 3.63) is 35.9 Å². The Balaban J connectivity index is 2.64. The molecule has 1 N–H and O–H groups in total. The maximum Gasteiger partial charge on any atom is 0.310 e. The van der Waals surface area contributed by atoms with Gasteiger partial charge in [0.25, 0.3) is 0 Å². The van der Waals surface area contributed by atoms with Crippen molar-refractivity contribution in [3.8, 4) is 5.75 Å². The summed E-state index contributed by atoms with van der Waals surface area (Å²) in [6.45, 7) is 1.77. The lowest BCUT2D eigenvalue weighted by Crippen LogP contribution is -2.05. The van der Waals surface area contributed by atoms with Crippen molar-refractivity contribution in [1.29, 1.82) is 0 Å². The molecule has 0 spiro atoms. The number of carbonyl (C=O) groups is 1. The standard InChI is InChI=1S/C12H14O3/c1-2-12(14)15-11-7-5-10(6-8-11)4-3-9-13/h3-8,13H,2,9H2,1H3/b4-3+. The second-order valence-electron chi connectivity index (χ2n) is 2.98. The Morgan fingerprint density at radius 3 is 2.60 bits per heavy atom. The predicted octanol–water partition coefficient (Wildman–Crippen LogP) is 2.01. The molecular formula is C12H14O3.